The van der Waals surface area contributed by atoms with Crippen LogP contribution in [0.2, 0.25) is 0 Å². The molecule has 156 valence electrons. The minimum absolute atomic E-state index is 0.171. The van der Waals surface area contributed by atoms with Crippen molar-refractivity contribution >= 4 is 28.5 Å². The Morgan fingerprint density at radius 1 is 1.37 bits per heavy atom. The first kappa shape index (κ1) is 20.3. The van der Waals surface area contributed by atoms with Gasteiger partial charge >= 0.3 is 5.97 Å². The lowest BCUT2D eigenvalue weighted by Crippen LogP contribution is -2.17. The molecular formula is C23H25N3O3S. The van der Waals surface area contributed by atoms with Gasteiger partial charge in [-0.3, -0.25) is 9.89 Å². The highest BCUT2D eigenvalue weighted by atomic mass is 32.1. The van der Waals surface area contributed by atoms with Crippen molar-refractivity contribution < 1.29 is 9.53 Å². The zero-order chi connectivity index (χ0) is 21.3. The average molecular weight is 424 g/mol. The molecule has 0 bridgehead atoms. The summed E-state index contributed by atoms with van der Waals surface area (Å²) in [6, 6.07) is 9.41. The summed E-state index contributed by atoms with van der Waals surface area (Å²) < 4.78 is 6.81. The van der Waals surface area contributed by atoms with Gasteiger partial charge in [0.25, 0.3) is 5.56 Å². The summed E-state index contributed by atoms with van der Waals surface area (Å²) in [6.45, 7) is 6.19. The molecule has 4 rings (SSSR count). The second-order valence-corrected chi connectivity index (χ2v) is 8.72. The number of rotatable bonds is 5. The van der Waals surface area contributed by atoms with Crippen molar-refractivity contribution in [1.29, 1.82) is 0 Å². The van der Waals surface area contributed by atoms with Gasteiger partial charge in [0, 0.05) is 16.8 Å². The van der Waals surface area contributed by atoms with Crippen LogP contribution in [-0.2, 0) is 17.6 Å². The molecule has 7 heteroatoms. The van der Waals surface area contributed by atoms with Crippen LogP contribution in [0.1, 0.15) is 52.3 Å². The Morgan fingerprint density at radius 2 is 2.13 bits per heavy atom. The molecule has 0 saturated heterocycles. The number of aromatic nitrogens is 2. The molecule has 1 aliphatic rings. The van der Waals surface area contributed by atoms with Gasteiger partial charge in [0.05, 0.1) is 23.4 Å². The third-order valence-electron chi connectivity index (χ3n) is 5.41. The molecule has 1 aromatic carbocycles. The fraction of sp³-hybridized carbons (Fsp3) is 0.348. The summed E-state index contributed by atoms with van der Waals surface area (Å²) in [5.41, 5.74) is 3.43. The highest BCUT2D eigenvalue weighted by Crippen LogP contribution is 2.41. The van der Waals surface area contributed by atoms with E-state index in [-0.39, 0.29) is 11.5 Å². The van der Waals surface area contributed by atoms with Gasteiger partial charge in [0.1, 0.15) is 5.00 Å². The van der Waals surface area contributed by atoms with Gasteiger partial charge in [0.15, 0.2) is 0 Å². The lowest BCUT2D eigenvalue weighted by Gasteiger charge is -2.18. The van der Waals surface area contributed by atoms with Crippen LogP contribution >= 0.6 is 11.3 Å². The molecule has 1 unspecified atom stereocenters. The zero-order valence-corrected chi connectivity index (χ0v) is 18.2. The molecule has 0 aliphatic heterocycles. The van der Waals surface area contributed by atoms with Crippen molar-refractivity contribution in [2.24, 2.45) is 10.9 Å². The Balaban J connectivity index is 1.74. The van der Waals surface area contributed by atoms with Crippen molar-refractivity contribution in [3.63, 3.8) is 0 Å². The number of aliphatic imine (C=N–C) groups is 1. The van der Waals surface area contributed by atoms with E-state index in [2.05, 4.69) is 17.0 Å². The molecule has 0 amide bonds. The van der Waals surface area contributed by atoms with Crippen molar-refractivity contribution in [3.05, 3.63) is 67.9 Å². The van der Waals surface area contributed by atoms with E-state index >= 15 is 0 Å². The van der Waals surface area contributed by atoms with Gasteiger partial charge in [0.2, 0.25) is 0 Å². The van der Waals surface area contributed by atoms with E-state index in [1.54, 1.807) is 13.1 Å². The molecule has 3 aromatic rings. The molecule has 30 heavy (non-hydrogen) atoms. The molecule has 0 spiro atoms. The summed E-state index contributed by atoms with van der Waals surface area (Å²) in [5, 5.41) is 3.73. The van der Waals surface area contributed by atoms with Crippen LogP contribution in [0, 0.1) is 12.8 Å². The molecule has 0 fully saturated rings. The Kier molecular flexibility index (Phi) is 5.72. The fourth-order valence-corrected chi connectivity index (χ4v) is 5.18. The van der Waals surface area contributed by atoms with E-state index in [4.69, 9.17) is 4.74 Å². The molecule has 1 N–H and O–H groups in total. The van der Waals surface area contributed by atoms with E-state index in [1.165, 1.54) is 20.9 Å². The summed E-state index contributed by atoms with van der Waals surface area (Å²) in [5.74, 6) is 0.261. The maximum Gasteiger partial charge on any atom is 0.341 e. The summed E-state index contributed by atoms with van der Waals surface area (Å²) in [4.78, 5) is 31.4. The van der Waals surface area contributed by atoms with Crippen LogP contribution in [0.15, 0.2) is 40.1 Å². The first-order valence-electron chi connectivity index (χ1n) is 10.2. The fourth-order valence-electron chi connectivity index (χ4n) is 3.83. The molecule has 2 aromatic heterocycles. The number of nitrogens with zero attached hydrogens (tertiary/aromatic N) is 2. The van der Waals surface area contributed by atoms with Crippen LogP contribution in [0.25, 0.3) is 5.69 Å². The molecule has 1 atom stereocenters. The minimum Gasteiger partial charge on any atom is -0.462 e. The number of esters is 1. The molecule has 0 saturated carbocycles. The molecule has 1 aliphatic carbocycles. The second kappa shape index (κ2) is 8.44. The first-order chi connectivity index (χ1) is 14.5. The molecule has 6 nitrogen and oxygen atoms in total. The van der Waals surface area contributed by atoms with E-state index in [0.717, 1.165) is 36.2 Å². The smallest absolute Gasteiger partial charge is 0.341 e. The number of nitrogens with one attached hydrogen (secondary N) is 1. The van der Waals surface area contributed by atoms with Crippen LogP contribution in [0.3, 0.4) is 0 Å². The van der Waals surface area contributed by atoms with Gasteiger partial charge < -0.3 is 4.74 Å². The summed E-state index contributed by atoms with van der Waals surface area (Å²) >= 11 is 1.54. The van der Waals surface area contributed by atoms with E-state index < -0.39 is 0 Å². The number of aryl methyl sites for hydroxylation is 1. The van der Waals surface area contributed by atoms with Crippen molar-refractivity contribution in [1.82, 2.24) is 9.78 Å². The highest BCUT2D eigenvalue weighted by molar-refractivity contribution is 7.16. The zero-order valence-electron chi connectivity index (χ0n) is 17.4. The van der Waals surface area contributed by atoms with Gasteiger partial charge in [-0.1, -0.05) is 25.1 Å². The number of thiophene rings is 1. The number of carbonyl (C=O) groups excluding carboxylic acids is 1. The predicted molar refractivity (Wildman–Crippen MR) is 120 cm³/mol. The number of fused-ring (bicyclic) bond motifs is 1. The number of H-pyrrole nitrogens is 1. The van der Waals surface area contributed by atoms with E-state index in [0.29, 0.717) is 28.7 Å². The maximum atomic E-state index is 12.9. The number of hydrogen-bond acceptors (Lipinski definition) is 5. The van der Waals surface area contributed by atoms with E-state index in [9.17, 15) is 9.59 Å². The van der Waals surface area contributed by atoms with Crippen LogP contribution in [0.4, 0.5) is 5.00 Å². The average Bonchev–Trinajstić information content (AvgIpc) is 3.23. The Morgan fingerprint density at radius 3 is 2.87 bits per heavy atom. The molecular weight excluding hydrogens is 398 g/mol. The number of carbonyl (C=O) groups is 1. The number of hydrogen-bond donors (Lipinski definition) is 1. The number of benzene rings is 1. The largest absolute Gasteiger partial charge is 0.462 e. The Bertz CT molecular complexity index is 1150. The van der Waals surface area contributed by atoms with Gasteiger partial charge in [-0.25, -0.2) is 14.5 Å². The predicted octanol–water partition coefficient (Wildman–Crippen LogP) is 4.59. The lowest BCUT2D eigenvalue weighted by atomic mass is 9.88. The Labute approximate surface area is 179 Å². The van der Waals surface area contributed by atoms with Crippen LogP contribution < -0.4 is 5.56 Å². The monoisotopic (exact) mass is 423 g/mol. The van der Waals surface area contributed by atoms with Gasteiger partial charge in [-0.05, 0) is 56.7 Å². The third kappa shape index (κ3) is 3.77. The standard InChI is InChI=1S/C23H25N3O3S/c1-4-29-23(28)20-17-11-10-14(2)12-19(17)30-21(20)24-13-18-15(3)25-26(22(18)27)16-8-6-5-7-9-16/h5-9,13-14,25H,4,10-12H2,1-3H3. The van der Waals surface area contributed by atoms with Crippen LogP contribution in [-0.4, -0.2) is 28.6 Å². The summed E-state index contributed by atoms with van der Waals surface area (Å²) in [7, 11) is 0. The number of aromatic amines is 1. The van der Waals surface area contributed by atoms with Gasteiger partial charge in [-0.15, -0.1) is 11.3 Å². The lowest BCUT2D eigenvalue weighted by molar-refractivity contribution is 0.0526. The first-order valence-corrected chi connectivity index (χ1v) is 11.0. The van der Waals surface area contributed by atoms with E-state index in [1.807, 2.05) is 37.3 Å². The minimum atomic E-state index is -0.329. The molecule has 2 heterocycles. The van der Waals surface area contributed by atoms with Gasteiger partial charge in [-0.2, -0.15) is 0 Å². The maximum absolute atomic E-state index is 12.9. The third-order valence-corrected chi connectivity index (χ3v) is 6.58. The van der Waals surface area contributed by atoms with Crippen molar-refractivity contribution in [3.8, 4) is 5.69 Å². The van der Waals surface area contributed by atoms with Crippen LogP contribution in [0.5, 0.6) is 0 Å². The van der Waals surface area contributed by atoms with Crippen molar-refractivity contribution in [2.75, 3.05) is 6.61 Å². The molecule has 0 radical (unpaired) electrons. The highest BCUT2D eigenvalue weighted by Gasteiger charge is 2.28. The number of para-hydroxylation sites is 1. The SMILES string of the molecule is CCOC(=O)c1c(N=Cc2c(C)[nH]n(-c3ccccc3)c2=O)sc2c1CCC(C)C2. The normalized spacial score (nSPS) is 16.0. The quantitative estimate of drug-likeness (QED) is 0.482. The van der Waals surface area contributed by atoms with Crippen molar-refractivity contribution in [2.45, 2.75) is 40.0 Å². The topological polar surface area (TPSA) is 76.4 Å². The number of ether oxygens (including phenoxy) is 1. The summed E-state index contributed by atoms with van der Waals surface area (Å²) in [6.07, 6.45) is 4.43. The second-order valence-electron chi connectivity index (χ2n) is 7.64. The Hall–Kier alpha value is -2.93.